The normalized spacial score (nSPS) is 17.3. The second kappa shape index (κ2) is 5.77. The highest BCUT2D eigenvalue weighted by Crippen LogP contribution is 2.19. The summed E-state index contributed by atoms with van der Waals surface area (Å²) in [5, 5.41) is 4.34. The summed E-state index contributed by atoms with van der Waals surface area (Å²) in [6, 6.07) is 0. The van der Waals surface area contributed by atoms with Gasteiger partial charge in [0.2, 0.25) is 0 Å². The van der Waals surface area contributed by atoms with Gasteiger partial charge in [-0.1, -0.05) is 0 Å². The van der Waals surface area contributed by atoms with Gasteiger partial charge < -0.3 is 10.6 Å². The predicted octanol–water partition coefficient (Wildman–Crippen LogP) is 0.532. The second-order valence-corrected chi connectivity index (χ2v) is 6.47. The van der Waals surface area contributed by atoms with Crippen molar-refractivity contribution in [3.63, 3.8) is 0 Å². The van der Waals surface area contributed by atoms with Gasteiger partial charge in [-0.2, -0.15) is 5.10 Å². The standard InChI is InChI=1S/C15H27N5O/c1-11-13(12(2)18(5)17-11)14(21)19-6-8-20(9-7-19)15(3,4)10-16/h6-10,16H2,1-5H3. The summed E-state index contributed by atoms with van der Waals surface area (Å²) in [5.41, 5.74) is 8.32. The van der Waals surface area contributed by atoms with Crippen molar-refractivity contribution in [2.24, 2.45) is 12.8 Å². The smallest absolute Gasteiger partial charge is 0.257 e. The van der Waals surface area contributed by atoms with E-state index in [1.165, 1.54) is 0 Å². The lowest BCUT2D eigenvalue weighted by Gasteiger charge is -2.43. The molecule has 1 aliphatic heterocycles. The van der Waals surface area contributed by atoms with E-state index in [1.807, 2.05) is 25.8 Å². The van der Waals surface area contributed by atoms with Crippen LogP contribution >= 0.6 is 0 Å². The molecule has 0 saturated carbocycles. The molecule has 6 heteroatoms. The number of piperazine rings is 1. The average molecular weight is 293 g/mol. The number of hydrogen-bond donors (Lipinski definition) is 1. The van der Waals surface area contributed by atoms with E-state index >= 15 is 0 Å². The number of carbonyl (C=O) groups excluding carboxylic acids is 1. The van der Waals surface area contributed by atoms with Crippen molar-refractivity contribution < 1.29 is 4.79 Å². The van der Waals surface area contributed by atoms with Crippen molar-refractivity contribution in [3.8, 4) is 0 Å². The minimum atomic E-state index is -0.00469. The Morgan fingerprint density at radius 3 is 2.24 bits per heavy atom. The molecule has 0 spiro atoms. The molecule has 0 radical (unpaired) electrons. The van der Waals surface area contributed by atoms with Crippen molar-refractivity contribution in [3.05, 3.63) is 17.0 Å². The fourth-order valence-electron chi connectivity index (χ4n) is 2.89. The van der Waals surface area contributed by atoms with E-state index in [-0.39, 0.29) is 11.4 Å². The quantitative estimate of drug-likeness (QED) is 0.883. The third-order valence-corrected chi connectivity index (χ3v) is 4.65. The molecular formula is C15H27N5O. The summed E-state index contributed by atoms with van der Waals surface area (Å²) >= 11 is 0. The van der Waals surface area contributed by atoms with Crippen LogP contribution in [0.4, 0.5) is 0 Å². The van der Waals surface area contributed by atoms with Gasteiger partial charge in [0.05, 0.1) is 11.3 Å². The molecule has 1 fully saturated rings. The molecule has 0 bridgehead atoms. The maximum Gasteiger partial charge on any atom is 0.257 e. The largest absolute Gasteiger partial charge is 0.336 e. The van der Waals surface area contributed by atoms with Crippen molar-refractivity contribution in [1.29, 1.82) is 0 Å². The molecule has 0 unspecified atom stereocenters. The summed E-state index contributed by atoms with van der Waals surface area (Å²) < 4.78 is 1.77. The zero-order valence-corrected chi connectivity index (χ0v) is 13.8. The van der Waals surface area contributed by atoms with Crippen LogP contribution in [0.3, 0.4) is 0 Å². The average Bonchev–Trinajstić information content (AvgIpc) is 2.71. The molecule has 1 aromatic rings. The lowest BCUT2D eigenvalue weighted by molar-refractivity contribution is 0.0425. The Labute approximate surface area is 126 Å². The summed E-state index contributed by atoms with van der Waals surface area (Å²) in [4.78, 5) is 17.0. The number of hydrogen-bond acceptors (Lipinski definition) is 4. The van der Waals surface area contributed by atoms with Gasteiger partial charge >= 0.3 is 0 Å². The van der Waals surface area contributed by atoms with E-state index in [1.54, 1.807) is 4.68 Å². The lowest BCUT2D eigenvalue weighted by atomic mass is 10.0. The van der Waals surface area contributed by atoms with Crippen molar-refractivity contribution in [2.45, 2.75) is 33.2 Å². The van der Waals surface area contributed by atoms with E-state index in [9.17, 15) is 4.79 Å². The van der Waals surface area contributed by atoms with Crippen molar-refractivity contribution >= 4 is 5.91 Å². The van der Waals surface area contributed by atoms with Crippen LogP contribution in [0.2, 0.25) is 0 Å². The van der Waals surface area contributed by atoms with Crippen LogP contribution in [0, 0.1) is 13.8 Å². The number of rotatable bonds is 3. The Balaban J connectivity index is 2.07. The van der Waals surface area contributed by atoms with Gasteiger partial charge in [-0.25, -0.2) is 0 Å². The third kappa shape index (κ3) is 2.96. The molecule has 6 nitrogen and oxygen atoms in total. The topological polar surface area (TPSA) is 67.4 Å². The summed E-state index contributed by atoms with van der Waals surface area (Å²) in [6.45, 7) is 12.0. The molecule has 118 valence electrons. The lowest BCUT2D eigenvalue weighted by Crippen LogP contribution is -2.58. The molecule has 1 saturated heterocycles. The van der Waals surface area contributed by atoms with Gasteiger partial charge in [0.1, 0.15) is 0 Å². The minimum Gasteiger partial charge on any atom is -0.336 e. The maximum absolute atomic E-state index is 12.7. The fraction of sp³-hybridized carbons (Fsp3) is 0.733. The Hall–Kier alpha value is -1.40. The first kappa shape index (κ1) is 16.0. The summed E-state index contributed by atoms with van der Waals surface area (Å²) in [7, 11) is 1.88. The van der Waals surface area contributed by atoms with E-state index in [0.717, 1.165) is 43.1 Å². The number of amides is 1. The first-order valence-corrected chi connectivity index (χ1v) is 7.52. The Kier molecular flexibility index (Phi) is 4.39. The Morgan fingerprint density at radius 1 is 1.24 bits per heavy atom. The SMILES string of the molecule is Cc1nn(C)c(C)c1C(=O)N1CCN(C(C)(C)CN)CC1. The number of aryl methyl sites for hydroxylation is 2. The zero-order chi connectivity index (χ0) is 15.8. The molecule has 1 aromatic heterocycles. The third-order valence-electron chi connectivity index (χ3n) is 4.65. The Morgan fingerprint density at radius 2 is 1.81 bits per heavy atom. The van der Waals surface area contributed by atoms with Crippen molar-refractivity contribution in [2.75, 3.05) is 32.7 Å². The molecule has 0 atom stereocenters. The van der Waals surface area contributed by atoms with E-state index < -0.39 is 0 Å². The first-order chi connectivity index (χ1) is 9.77. The molecular weight excluding hydrogens is 266 g/mol. The number of carbonyl (C=O) groups is 1. The predicted molar refractivity (Wildman–Crippen MR) is 83.3 cm³/mol. The molecule has 21 heavy (non-hydrogen) atoms. The second-order valence-electron chi connectivity index (χ2n) is 6.47. The van der Waals surface area contributed by atoms with Crippen LogP contribution < -0.4 is 5.73 Å². The monoisotopic (exact) mass is 293 g/mol. The van der Waals surface area contributed by atoms with Gasteiger partial charge in [-0.05, 0) is 27.7 Å². The molecule has 1 aliphatic rings. The van der Waals surface area contributed by atoms with E-state index in [0.29, 0.717) is 6.54 Å². The van der Waals surface area contributed by atoms with E-state index in [2.05, 4.69) is 23.8 Å². The highest BCUT2D eigenvalue weighted by Gasteiger charge is 2.31. The van der Waals surface area contributed by atoms with Crippen LogP contribution in [-0.4, -0.2) is 63.8 Å². The highest BCUT2D eigenvalue weighted by molar-refractivity contribution is 5.96. The molecule has 2 N–H and O–H groups in total. The van der Waals surface area contributed by atoms with Crippen LogP contribution in [0.5, 0.6) is 0 Å². The summed E-state index contributed by atoms with van der Waals surface area (Å²) in [6.07, 6.45) is 0. The molecule has 1 amide bonds. The zero-order valence-electron chi connectivity index (χ0n) is 13.8. The van der Waals surface area contributed by atoms with Crippen LogP contribution in [0.15, 0.2) is 0 Å². The minimum absolute atomic E-state index is 0.00469. The number of aromatic nitrogens is 2. The molecule has 2 heterocycles. The van der Waals surface area contributed by atoms with Crippen LogP contribution in [0.25, 0.3) is 0 Å². The van der Waals surface area contributed by atoms with Gasteiger partial charge in [0.25, 0.3) is 5.91 Å². The number of nitrogens with zero attached hydrogens (tertiary/aromatic N) is 4. The molecule has 0 aliphatic carbocycles. The molecule has 0 aromatic carbocycles. The molecule has 2 rings (SSSR count). The first-order valence-electron chi connectivity index (χ1n) is 7.52. The van der Waals surface area contributed by atoms with Crippen LogP contribution in [0.1, 0.15) is 35.6 Å². The van der Waals surface area contributed by atoms with Gasteiger partial charge in [-0.3, -0.25) is 14.4 Å². The van der Waals surface area contributed by atoms with Gasteiger partial charge in [0, 0.05) is 51.0 Å². The number of nitrogens with two attached hydrogens (primary N) is 1. The Bertz CT molecular complexity index is 526. The summed E-state index contributed by atoms with van der Waals surface area (Å²) in [5.74, 6) is 0.100. The maximum atomic E-state index is 12.7. The van der Waals surface area contributed by atoms with Gasteiger partial charge in [0.15, 0.2) is 0 Å². The van der Waals surface area contributed by atoms with Crippen LogP contribution in [-0.2, 0) is 7.05 Å². The van der Waals surface area contributed by atoms with Gasteiger partial charge in [-0.15, -0.1) is 0 Å². The van der Waals surface area contributed by atoms with E-state index in [4.69, 9.17) is 5.73 Å². The van der Waals surface area contributed by atoms with Crippen molar-refractivity contribution in [1.82, 2.24) is 19.6 Å². The fourth-order valence-corrected chi connectivity index (χ4v) is 2.89. The highest BCUT2D eigenvalue weighted by atomic mass is 16.2.